The van der Waals surface area contributed by atoms with E-state index in [2.05, 4.69) is 65.3 Å². The van der Waals surface area contributed by atoms with Gasteiger partial charge in [0.2, 0.25) is 0 Å². The maximum atomic E-state index is 11.3. The van der Waals surface area contributed by atoms with Crippen LogP contribution in [-0.4, -0.2) is 44.8 Å². The lowest BCUT2D eigenvalue weighted by Crippen LogP contribution is -2.55. The van der Waals surface area contributed by atoms with Gasteiger partial charge in [0.15, 0.2) is 8.32 Å². The minimum absolute atomic E-state index is 0.00941. The Bertz CT molecular complexity index is 475. The fourth-order valence-corrected chi connectivity index (χ4v) is 5.54. The molecule has 0 saturated heterocycles. The molecule has 0 aromatic rings. The van der Waals surface area contributed by atoms with Gasteiger partial charge >= 0.3 is 6.09 Å². The summed E-state index contributed by atoms with van der Waals surface area (Å²) in [7, 11) is 0.210. The highest BCUT2D eigenvalue weighted by Gasteiger charge is 2.40. The highest BCUT2D eigenvalue weighted by atomic mass is 28.4. The van der Waals surface area contributed by atoms with Crippen molar-refractivity contribution in [1.29, 1.82) is 0 Å². The Labute approximate surface area is 168 Å². The van der Waals surface area contributed by atoms with Crippen LogP contribution in [0, 0.1) is 11.3 Å². The molecule has 1 unspecified atom stereocenters. The summed E-state index contributed by atoms with van der Waals surface area (Å²) in [5.41, 5.74) is -0.00941. The van der Waals surface area contributed by atoms with Gasteiger partial charge in [-0.25, -0.2) is 4.79 Å². The first-order chi connectivity index (χ1) is 12.2. The van der Waals surface area contributed by atoms with E-state index >= 15 is 0 Å². The van der Waals surface area contributed by atoms with Crippen LogP contribution in [0.2, 0.25) is 18.1 Å². The van der Waals surface area contributed by atoms with Crippen LogP contribution in [0.5, 0.6) is 0 Å². The summed E-state index contributed by atoms with van der Waals surface area (Å²) < 4.78 is 6.60. The molecule has 160 valence electrons. The number of rotatable bonds is 7. The van der Waals surface area contributed by atoms with Crippen LogP contribution in [0.15, 0.2) is 0 Å². The normalized spacial score (nSPS) is 24.3. The van der Waals surface area contributed by atoms with Gasteiger partial charge in [-0.2, -0.15) is 0 Å². The second kappa shape index (κ2) is 9.27. The van der Waals surface area contributed by atoms with Crippen LogP contribution in [0.25, 0.3) is 0 Å². The van der Waals surface area contributed by atoms with Crippen molar-refractivity contribution in [3.05, 3.63) is 0 Å². The van der Waals surface area contributed by atoms with Crippen LogP contribution >= 0.6 is 0 Å². The van der Waals surface area contributed by atoms with Gasteiger partial charge in [-0.1, -0.05) is 41.5 Å². The molecular formula is C21H44N2O3Si. The SMILES string of the molecule is CN[C@@H](C(CC1CCC(O[Si](C)(C)C(C)(C)C)CC1)NC(=O)O)C(C)(C)C. The lowest BCUT2D eigenvalue weighted by Gasteiger charge is -2.42. The Kier molecular flexibility index (Phi) is 8.39. The highest BCUT2D eigenvalue weighted by molar-refractivity contribution is 6.74. The molecule has 27 heavy (non-hydrogen) atoms. The Morgan fingerprint density at radius 1 is 1.11 bits per heavy atom. The van der Waals surface area contributed by atoms with E-state index in [1.165, 1.54) is 0 Å². The fourth-order valence-electron chi connectivity index (χ4n) is 4.11. The molecule has 1 aliphatic carbocycles. The largest absolute Gasteiger partial charge is 0.465 e. The molecule has 1 aliphatic rings. The van der Waals surface area contributed by atoms with Crippen LogP contribution < -0.4 is 10.6 Å². The van der Waals surface area contributed by atoms with Crippen molar-refractivity contribution in [2.75, 3.05) is 7.05 Å². The monoisotopic (exact) mass is 400 g/mol. The first kappa shape index (κ1) is 24.4. The maximum Gasteiger partial charge on any atom is 0.404 e. The lowest BCUT2D eigenvalue weighted by molar-refractivity contribution is 0.102. The van der Waals surface area contributed by atoms with Gasteiger partial charge < -0.3 is 20.2 Å². The molecule has 0 radical (unpaired) electrons. The summed E-state index contributed by atoms with van der Waals surface area (Å²) in [6, 6.07) is 0.0326. The average Bonchev–Trinajstić information content (AvgIpc) is 2.46. The molecule has 0 aromatic carbocycles. The molecule has 1 rings (SSSR count). The third-order valence-corrected chi connectivity index (χ3v) is 11.1. The highest BCUT2D eigenvalue weighted by Crippen LogP contribution is 2.40. The summed E-state index contributed by atoms with van der Waals surface area (Å²) in [5, 5.41) is 15.7. The predicted molar refractivity (Wildman–Crippen MR) is 116 cm³/mol. The van der Waals surface area contributed by atoms with E-state index in [-0.39, 0.29) is 22.5 Å². The molecule has 5 nitrogen and oxygen atoms in total. The quantitative estimate of drug-likeness (QED) is 0.512. The third-order valence-electron chi connectivity index (χ3n) is 6.60. The zero-order chi connectivity index (χ0) is 21.0. The van der Waals surface area contributed by atoms with Crippen molar-refractivity contribution in [1.82, 2.24) is 10.6 Å². The van der Waals surface area contributed by atoms with Gasteiger partial charge in [-0.3, -0.25) is 0 Å². The molecule has 2 atom stereocenters. The van der Waals surface area contributed by atoms with Crippen molar-refractivity contribution in [2.24, 2.45) is 11.3 Å². The van der Waals surface area contributed by atoms with Gasteiger partial charge in [0.05, 0.1) is 0 Å². The van der Waals surface area contributed by atoms with Crippen molar-refractivity contribution < 1.29 is 14.3 Å². The molecule has 0 aliphatic heterocycles. The van der Waals surface area contributed by atoms with E-state index < -0.39 is 14.4 Å². The average molecular weight is 401 g/mol. The van der Waals surface area contributed by atoms with E-state index in [0.29, 0.717) is 12.0 Å². The molecule has 0 spiro atoms. The predicted octanol–water partition coefficient (Wildman–Crippen LogP) is 5.23. The maximum absolute atomic E-state index is 11.3. The van der Waals surface area contributed by atoms with Gasteiger partial charge in [0.1, 0.15) is 0 Å². The zero-order valence-corrected chi connectivity index (χ0v) is 20.1. The van der Waals surface area contributed by atoms with E-state index in [4.69, 9.17) is 4.43 Å². The summed E-state index contributed by atoms with van der Waals surface area (Å²) in [4.78, 5) is 11.3. The summed E-state index contributed by atoms with van der Waals surface area (Å²) >= 11 is 0. The van der Waals surface area contributed by atoms with Crippen LogP contribution in [-0.2, 0) is 4.43 Å². The van der Waals surface area contributed by atoms with Crippen LogP contribution in [0.4, 0.5) is 4.79 Å². The summed E-state index contributed by atoms with van der Waals surface area (Å²) in [6.07, 6.45) is 4.76. The lowest BCUT2D eigenvalue weighted by atomic mass is 9.76. The second-order valence-corrected chi connectivity index (χ2v) is 15.7. The first-order valence-corrected chi connectivity index (χ1v) is 13.4. The fraction of sp³-hybridized carbons (Fsp3) is 0.952. The van der Waals surface area contributed by atoms with Crippen molar-refractivity contribution >= 4 is 14.4 Å². The molecular weight excluding hydrogens is 356 g/mol. The van der Waals surface area contributed by atoms with E-state index in [0.717, 1.165) is 32.1 Å². The minimum atomic E-state index is -1.72. The molecule has 1 saturated carbocycles. The van der Waals surface area contributed by atoms with E-state index in [1.807, 2.05) is 7.05 Å². The smallest absolute Gasteiger partial charge is 0.404 e. The number of likely N-dealkylation sites (N-methyl/N-ethyl adjacent to an activating group) is 1. The Morgan fingerprint density at radius 3 is 2.00 bits per heavy atom. The number of hydrogen-bond acceptors (Lipinski definition) is 3. The number of carboxylic acid groups (broad SMARTS) is 1. The Morgan fingerprint density at radius 2 is 1.63 bits per heavy atom. The summed E-state index contributed by atoms with van der Waals surface area (Å²) in [6.45, 7) is 18.0. The molecule has 1 amide bonds. The molecule has 0 heterocycles. The third kappa shape index (κ3) is 7.39. The number of carbonyl (C=O) groups is 1. The molecule has 6 heteroatoms. The second-order valence-electron chi connectivity index (χ2n) is 10.9. The van der Waals surface area contributed by atoms with E-state index in [9.17, 15) is 9.90 Å². The standard InChI is InChI=1S/C21H44N2O3Si/c1-20(2,3)18(22-7)17(23-19(24)25)14-15-10-12-16(13-11-15)26-27(8,9)21(4,5)6/h15-18,22-23H,10-14H2,1-9H3,(H,24,25)/t15?,16?,17?,18-/m0/s1. The van der Waals surface area contributed by atoms with E-state index in [1.54, 1.807) is 0 Å². The van der Waals surface area contributed by atoms with Crippen molar-refractivity contribution in [3.8, 4) is 0 Å². The Balaban J connectivity index is 2.68. The number of amides is 1. The van der Waals surface area contributed by atoms with Gasteiger partial charge in [0.25, 0.3) is 0 Å². The van der Waals surface area contributed by atoms with Gasteiger partial charge in [-0.05, 0) is 68.6 Å². The minimum Gasteiger partial charge on any atom is -0.465 e. The van der Waals surface area contributed by atoms with Crippen LogP contribution in [0.3, 0.4) is 0 Å². The molecule has 0 bridgehead atoms. The molecule has 0 aromatic heterocycles. The molecule has 3 N–H and O–H groups in total. The van der Waals surface area contributed by atoms with Gasteiger partial charge in [0, 0.05) is 18.2 Å². The topological polar surface area (TPSA) is 70.6 Å². The van der Waals surface area contributed by atoms with Crippen molar-refractivity contribution in [2.45, 2.75) is 110 Å². The Hall–Kier alpha value is -0.593. The van der Waals surface area contributed by atoms with Crippen LogP contribution in [0.1, 0.15) is 73.6 Å². The van der Waals surface area contributed by atoms with Gasteiger partial charge in [-0.15, -0.1) is 0 Å². The first-order valence-electron chi connectivity index (χ1n) is 10.5. The van der Waals surface area contributed by atoms with Crippen molar-refractivity contribution in [3.63, 3.8) is 0 Å². The number of hydrogen-bond donors (Lipinski definition) is 3. The number of nitrogens with one attached hydrogen (secondary N) is 2. The summed E-state index contributed by atoms with van der Waals surface area (Å²) in [5.74, 6) is 0.555. The molecule has 1 fully saturated rings. The zero-order valence-electron chi connectivity index (χ0n) is 19.1.